The second-order valence-corrected chi connectivity index (χ2v) is 8.80. The molecule has 1 unspecified atom stereocenters. The highest BCUT2D eigenvalue weighted by Crippen LogP contribution is 2.27. The first-order valence-electron chi connectivity index (χ1n) is 9.94. The van der Waals surface area contributed by atoms with Crippen LogP contribution in [0.25, 0.3) is 0 Å². The number of rotatable bonds is 7. The Balaban J connectivity index is 2.03. The number of carbonyl (C=O) groups excluding carboxylic acids is 2. The summed E-state index contributed by atoms with van der Waals surface area (Å²) in [5.41, 5.74) is 0.703. The van der Waals surface area contributed by atoms with E-state index in [1.54, 1.807) is 12.1 Å². The Morgan fingerprint density at radius 3 is 2.39 bits per heavy atom. The van der Waals surface area contributed by atoms with Gasteiger partial charge >= 0.3 is 0 Å². The van der Waals surface area contributed by atoms with E-state index in [4.69, 9.17) is 0 Å². The van der Waals surface area contributed by atoms with Crippen LogP contribution in [0.1, 0.15) is 48.4 Å². The van der Waals surface area contributed by atoms with E-state index >= 15 is 0 Å². The second-order valence-electron chi connectivity index (χ2n) is 8.19. The van der Waals surface area contributed by atoms with Crippen molar-refractivity contribution in [2.24, 2.45) is 0 Å². The summed E-state index contributed by atoms with van der Waals surface area (Å²) >= 11 is 1.05. The molecule has 3 rings (SSSR count). The third kappa shape index (κ3) is 5.95. The minimum atomic E-state index is -1.15. The van der Waals surface area contributed by atoms with Gasteiger partial charge in [-0.05, 0) is 50.4 Å². The Kier molecular flexibility index (Phi) is 7.12. The van der Waals surface area contributed by atoms with E-state index in [-0.39, 0.29) is 17.8 Å². The summed E-state index contributed by atoms with van der Waals surface area (Å²) in [6, 6.07) is 14.5. The van der Waals surface area contributed by atoms with Crippen LogP contribution in [0.4, 0.5) is 4.39 Å². The van der Waals surface area contributed by atoms with E-state index in [1.165, 1.54) is 22.4 Å². The van der Waals surface area contributed by atoms with Gasteiger partial charge in [-0.2, -0.15) is 0 Å². The molecule has 1 N–H and O–H groups in total. The van der Waals surface area contributed by atoms with E-state index in [0.29, 0.717) is 6.42 Å². The molecule has 0 aliphatic heterocycles. The average Bonchev–Trinajstić information content (AvgIpc) is 3.26. The molecule has 2 aromatic carbocycles. The summed E-state index contributed by atoms with van der Waals surface area (Å²) < 4.78 is 18.6. The number of halogens is 1. The number of nitrogens with zero attached hydrogens (tertiary/aromatic N) is 3. The van der Waals surface area contributed by atoms with Gasteiger partial charge in [0.1, 0.15) is 11.9 Å². The lowest BCUT2D eigenvalue weighted by Crippen LogP contribution is -2.50. The van der Waals surface area contributed by atoms with Gasteiger partial charge in [0.05, 0.1) is 0 Å². The lowest BCUT2D eigenvalue weighted by molar-refractivity contribution is -0.127. The van der Waals surface area contributed by atoms with Crippen molar-refractivity contribution in [3.05, 3.63) is 82.6 Å². The highest BCUT2D eigenvalue weighted by Gasteiger charge is 2.35. The summed E-state index contributed by atoms with van der Waals surface area (Å²) in [5.74, 6) is -1.48. The minimum absolute atomic E-state index is 0.128. The van der Waals surface area contributed by atoms with Crippen LogP contribution in [0.2, 0.25) is 0 Å². The number of hydrogen-bond acceptors (Lipinski definition) is 5. The van der Waals surface area contributed by atoms with Gasteiger partial charge in [-0.15, -0.1) is 5.10 Å². The molecule has 1 atom stereocenters. The minimum Gasteiger partial charge on any atom is -0.349 e. The van der Waals surface area contributed by atoms with Gasteiger partial charge in [-0.25, -0.2) is 4.39 Å². The van der Waals surface area contributed by atoms with Crippen molar-refractivity contribution in [1.82, 2.24) is 19.8 Å². The van der Waals surface area contributed by atoms with Crippen LogP contribution in [0.3, 0.4) is 0 Å². The van der Waals surface area contributed by atoms with Gasteiger partial charge < -0.3 is 10.2 Å². The van der Waals surface area contributed by atoms with Gasteiger partial charge in [0.15, 0.2) is 5.69 Å². The van der Waals surface area contributed by atoms with E-state index in [0.717, 1.165) is 17.1 Å². The van der Waals surface area contributed by atoms with Gasteiger partial charge in [-0.3, -0.25) is 9.59 Å². The fourth-order valence-electron chi connectivity index (χ4n) is 3.23. The molecule has 0 spiro atoms. The molecule has 0 radical (unpaired) electrons. The maximum atomic E-state index is 14.8. The van der Waals surface area contributed by atoms with Gasteiger partial charge in [0.2, 0.25) is 5.91 Å². The van der Waals surface area contributed by atoms with Gasteiger partial charge in [-0.1, -0.05) is 53.0 Å². The molecule has 1 heterocycles. The predicted octanol–water partition coefficient (Wildman–Crippen LogP) is 4.02. The normalized spacial score (nSPS) is 12.3. The standard InChI is InChI=1S/C23H25FN4O2S/c1-23(2,3)25-21(29)20(17-11-7-8-12-18(17)24)28(22(30)19-15-31-27-26-19)14-13-16-9-5-4-6-10-16/h4-12,15,20H,13-14H2,1-3H3,(H,25,29). The maximum Gasteiger partial charge on any atom is 0.276 e. The molecule has 0 saturated carbocycles. The SMILES string of the molecule is CC(C)(C)NC(=O)C(c1ccccc1F)N(CCc1ccccc1)C(=O)c1csnn1. The van der Waals surface area contributed by atoms with E-state index in [1.807, 2.05) is 51.1 Å². The van der Waals surface area contributed by atoms with Crippen LogP contribution in [0.15, 0.2) is 60.0 Å². The van der Waals surface area contributed by atoms with E-state index < -0.39 is 29.2 Å². The topological polar surface area (TPSA) is 75.2 Å². The molecule has 6 nitrogen and oxygen atoms in total. The number of benzene rings is 2. The fraction of sp³-hybridized carbons (Fsp3) is 0.304. The second kappa shape index (κ2) is 9.78. The molecule has 0 aliphatic rings. The zero-order chi connectivity index (χ0) is 22.4. The summed E-state index contributed by atoms with van der Waals surface area (Å²) in [6.45, 7) is 5.72. The molecule has 8 heteroatoms. The van der Waals surface area contributed by atoms with Crippen LogP contribution in [0.5, 0.6) is 0 Å². The van der Waals surface area contributed by atoms with Crippen molar-refractivity contribution >= 4 is 23.3 Å². The largest absolute Gasteiger partial charge is 0.349 e. The monoisotopic (exact) mass is 440 g/mol. The van der Waals surface area contributed by atoms with E-state index in [2.05, 4.69) is 14.9 Å². The highest BCUT2D eigenvalue weighted by atomic mass is 32.1. The number of hydrogen-bond donors (Lipinski definition) is 1. The van der Waals surface area contributed by atoms with Crippen LogP contribution >= 0.6 is 11.5 Å². The third-order valence-corrected chi connectivity index (χ3v) is 5.09. The smallest absolute Gasteiger partial charge is 0.276 e. The fourth-order valence-corrected chi connectivity index (χ4v) is 3.66. The quantitative estimate of drug-likeness (QED) is 0.602. The summed E-state index contributed by atoms with van der Waals surface area (Å²) in [6.07, 6.45) is 0.498. The molecular formula is C23H25FN4O2S. The molecule has 162 valence electrons. The van der Waals surface area contributed by atoms with Crippen molar-refractivity contribution in [2.45, 2.75) is 38.8 Å². The number of carbonyl (C=O) groups is 2. The maximum absolute atomic E-state index is 14.8. The Morgan fingerprint density at radius 2 is 1.77 bits per heavy atom. The first-order valence-corrected chi connectivity index (χ1v) is 10.8. The molecule has 0 aliphatic carbocycles. The summed E-state index contributed by atoms with van der Waals surface area (Å²) in [7, 11) is 0. The molecule has 2 amide bonds. The number of amides is 2. The molecule has 31 heavy (non-hydrogen) atoms. The zero-order valence-corrected chi connectivity index (χ0v) is 18.5. The van der Waals surface area contributed by atoms with Crippen molar-refractivity contribution in [3.8, 4) is 0 Å². The molecule has 0 saturated heterocycles. The Hall–Kier alpha value is -3.13. The van der Waals surface area contributed by atoms with Crippen LogP contribution in [-0.2, 0) is 11.2 Å². The number of nitrogens with one attached hydrogen (secondary N) is 1. The van der Waals surface area contributed by atoms with Crippen molar-refractivity contribution < 1.29 is 14.0 Å². The Morgan fingerprint density at radius 1 is 1.10 bits per heavy atom. The van der Waals surface area contributed by atoms with Crippen LogP contribution in [0, 0.1) is 5.82 Å². The molecular weight excluding hydrogens is 415 g/mol. The molecule has 0 bridgehead atoms. The lowest BCUT2D eigenvalue weighted by atomic mass is 10.00. The third-order valence-electron chi connectivity index (χ3n) is 4.58. The molecule has 1 aromatic heterocycles. The Labute approximate surface area is 185 Å². The highest BCUT2D eigenvalue weighted by molar-refractivity contribution is 7.03. The lowest BCUT2D eigenvalue weighted by Gasteiger charge is -2.33. The van der Waals surface area contributed by atoms with Crippen molar-refractivity contribution in [2.75, 3.05) is 6.54 Å². The number of aromatic nitrogens is 2. The molecule has 0 fully saturated rings. The summed E-state index contributed by atoms with van der Waals surface area (Å²) in [5, 5.41) is 8.29. The van der Waals surface area contributed by atoms with E-state index in [9.17, 15) is 14.0 Å². The van der Waals surface area contributed by atoms with Crippen LogP contribution < -0.4 is 5.32 Å². The van der Waals surface area contributed by atoms with Crippen LogP contribution in [-0.4, -0.2) is 38.4 Å². The zero-order valence-electron chi connectivity index (χ0n) is 17.7. The van der Waals surface area contributed by atoms with Crippen molar-refractivity contribution in [1.29, 1.82) is 0 Å². The first-order chi connectivity index (χ1) is 14.8. The summed E-state index contributed by atoms with van der Waals surface area (Å²) in [4.78, 5) is 28.1. The molecule has 3 aromatic rings. The van der Waals surface area contributed by atoms with Gasteiger partial charge in [0.25, 0.3) is 5.91 Å². The average molecular weight is 441 g/mol. The van der Waals surface area contributed by atoms with Crippen molar-refractivity contribution in [3.63, 3.8) is 0 Å². The first kappa shape index (κ1) is 22.6. The van der Waals surface area contributed by atoms with Gasteiger partial charge in [0, 0.05) is 23.0 Å². The Bertz CT molecular complexity index is 1020. The predicted molar refractivity (Wildman–Crippen MR) is 118 cm³/mol.